The fraction of sp³-hybridized carbons (Fsp3) is 0.881. The molecule has 10 heterocycles. The average molecular weight is 1810 g/mol. The molecule has 0 spiro atoms. The van der Waals surface area contributed by atoms with Crippen LogP contribution < -0.4 is 55.6 Å². The molecule has 6 aliphatic rings. The molecule has 6 saturated heterocycles. The van der Waals surface area contributed by atoms with Crippen molar-refractivity contribution in [3.63, 3.8) is 0 Å². The Morgan fingerprint density at radius 2 is 0.485 bits per heavy atom. The van der Waals surface area contributed by atoms with Crippen LogP contribution in [0.4, 0.5) is 65.4 Å². The van der Waals surface area contributed by atoms with Gasteiger partial charge in [0.1, 0.15) is 6.33 Å². The van der Waals surface area contributed by atoms with Gasteiger partial charge in [-0.3, -0.25) is 29.4 Å². The predicted molar refractivity (Wildman–Crippen MR) is 548 cm³/mol. The van der Waals surface area contributed by atoms with Crippen LogP contribution in [0, 0.1) is 0 Å². The van der Waals surface area contributed by atoms with Crippen molar-refractivity contribution >= 4 is 65.4 Å². The maximum atomic E-state index is 5.99. The smallest absolute Gasteiger partial charge is 0.232 e. The van der Waals surface area contributed by atoms with Crippen LogP contribution in [0.15, 0.2) is 6.33 Å². The zero-order valence-electron chi connectivity index (χ0n) is 89.5. The molecule has 10 rings (SSSR count). The number of nitrogens with zero attached hydrogens (tertiary/aromatic N) is 25. The molecule has 4 aromatic heterocycles. The topological polar surface area (TPSA) is 245 Å². The summed E-state index contributed by atoms with van der Waals surface area (Å²) in [6, 6.07) is 0.975. The molecule has 0 amide bonds. The highest BCUT2D eigenvalue weighted by molar-refractivity contribution is 5.52. The van der Waals surface area contributed by atoms with E-state index in [1.54, 1.807) is 6.33 Å². The number of unbranched alkanes of at least 4 members (excludes halogenated alkanes) is 5. The summed E-state index contributed by atoms with van der Waals surface area (Å²) in [5.41, 5.74) is -1.03. The molecule has 29 heteroatoms. The van der Waals surface area contributed by atoms with Crippen LogP contribution in [-0.4, -0.2) is 313 Å². The molecule has 0 radical (unpaired) electrons. The van der Waals surface area contributed by atoms with E-state index in [4.69, 9.17) is 49.8 Å². The third kappa shape index (κ3) is 25.3. The molecule has 0 bridgehead atoms. The first-order valence-corrected chi connectivity index (χ1v) is 51.2. The first-order chi connectivity index (χ1) is 60.5. The SMILES string of the molecule is CCCCN(c1nc(NC2CC(C)(C)N(C)C(C)(C)C2)nc(N(CCCNc2nc(N(CCCC)C3CC(C)(C)N(C)C(C)(C)C3)nc(N(CCCC)C3CC(C)(C)N(C)C(C)(C)C3)n2)CCN(CCCNc2ncnc(NC)n2)c2nc(N(CCCC)C3CC(C)(C)N(C)C(C)(C)C3)nc(N(CCCC)C3CC(C)(C)N(C)C(C)(C)C3)n2)n1)C1CC(C)(C)N(C)C(C)(C)C1. The van der Waals surface area contributed by atoms with Gasteiger partial charge in [0.05, 0.1) is 0 Å². The monoisotopic (exact) mass is 1810 g/mol. The Hall–Kier alpha value is -6.40. The Kier molecular flexibility index (Phi) is 34.2. The zero-order chi connectivity index (χ0) is 96.1. The lowest BCUT2D eigenvalue weighted by Gasteiger charge is -2.56. The van der Waals surface area contributed by atoms with Gasteiger partial charge < -0.3 is 55.6 Å². The Balaban J connectivity index is 1.18. The minimum atomic E-state index is -0.103. The van der Waals surface area contributed by atoms with E-state index in [9.17, 15) is 0 Å². The van der Waals surface area contributed by atoms with Crippen LogP contribution in [0.2, 0.25) is 0 Å². The molecule has 6 fully saturated rings. The number of hydrogen-bond acceptors (Lipinski definition) is 29. The fourth-order valence-corrected chi connectivity index (χ4v) is 23.6. The van der Waals surface area contributed by atoms with Crippen molar-refractivity contribution in [2.24, 2.45) is 0 Å². The van der Waals surface area contributed by atoms with Gasteiger partial charge in [-0.25, -0.2) is 9.97 Å². The summed E-state index contributed by atoms with van der Waals surface area (Å²) in [5.74, 6) is 7.36. The maximum Gasteiger partial charge on any atom is 0.232 e. The predicted octanol–water partition coefficient (Wildman–Crippen LogP) is 18.1. The summed E-state index contributed by atoms with van der Waals surface area (Å²) < 4.78 is 0. The second-order valence-corrected chi connectivity index (χ2v) is 48.1. The van der Waals surface area contributed by atoms with E-state index in [0.29, 0.717) is 87.8 Å². The minimum absolute atomic E-state index is 0.0596. The van der Waals surface area contributed by atoms with Crippen LogP contribution in [0.25, 0.3) is 0 Å². The first-order valence-electron chi connectivity index (χ1n) is 51.2. The van der Waals surface area contributed by atoms with Crippen molar-refractivity contribution in [1.82, 2.24) is 89.2 Å². The van der Waals surface area contributed by atoms with E-state index in [0.717, 1.165) is 204 Å². The summed E-state index contributed by atoms with van der Waals surface area (Å²) in [5, 5.41) is 14.9. The molecule has 6 aliphatic heterocycles. The quantitative estimate of drug-likeness (QED) is 0.0301. The van der Waals surface area contributed by atoms with Gasteiger partial charge in [0.25, 0.3) is 0 Å². The lowest BCUT2D eigenvalue weighted by Crippen LogP contribution is -2.63. The molecular formula is C101H189N29. The summed E-state index contributed by atoms with van der Waals surface area (Å²) in [6.07, 6.45) is 24.8. The Morgan fingerprint density at radius 1 is 0.262 bits per heavy atom. The molecule has 4 aromatic rings. The Bertz CT molecular complexity index is 3980. The van der Waals surface area contributed by atoms with Gasteiger partial charge in [0, 0.05) is 182 Å². The summed E-state index contributed by atoms with van der Waals surface area (Å²) >= 11 is 0. The largest absolute Gasteiger partial charge is 0.357 e. The van der Waals surface area contributed by atoms with E-state index in [1.165, 1.54) is 0 Å². The second kappa shape index (κ2) is 42.1. The van der Waals surface area contributed by atoms with Gasteiger partial charge in [-0.1, -0.05) is 66.7 Å². The van der Waals surface area contributed by atoms with Crippen LogP contribution in [-0.2, 0) is 0 Å². The Morgan fingerprint density at radius 3 is 0.754 bits per heavy atom. The number of piperidine rings is 6. The van der Waals surface area contributed by atoms with Crippen LogP contribution in [0.1, 0.15) is 355 Å². The first kappa shape index (κ1) is 106. The zero-order valence-corrected chi connectivity index (χ0v) is 89.5. The summed E-state index contributed by atoms with van der Waals surface area (Å²) in [4.78, 5) is 99.9. The third-order valence-corrected chi connectivity index (χ3v) is 32.9. The maximum absolute atomic E-state index is 5.99. The molecule has 0 unspecified atom stereocenters. The summed E-state index contributed by atoms with van der Waals surface area (Å²) in [6.45, 7) is 77.2. The molecule has 130 heavy (non-hydrogen) atoms. The van der Waals surface area contributed by atoms with Gasteiger partial charge in [-0.05, 0) is 330 Å². The second-order valence-electron chi connectivity index (χ2n) is 48.1. The lowest BCUT2D eigenvalue weighted by molar-refractivity contribution is -0.0135. The number of likely N-dealkylation sites (tertiary alicyclic amines) is 6. The number of hydrogen-bond donors (Lipinski definition) is 4. The molecule has 0 aromatic carbocycles. The van der Waals surface area contributed by atoms with Gasteiger partial charge in [-0.2, -0.15) is 49.8 Å². The van der Waals surface area contributed by atoms with Crippen LogP contribution in [0.3, 0.4) is 0 Å². The highest BCUT2D eigenvalue weighted by Crippen LogP contribution is 2.48. The molecular weight excluding hydrogens is 1620 g/mol. The van der Waals surface area contributed by atoms with Crippen molar-refractivity contribution < 1.29 is 0 Å². The van der Waals surface area contributed by atoms with Gasteiger partial charge in [-0.15, -0.1) is 0 Å². The van der Waals surface area contributed by atoms with Crippen LogP contribution >= 0.6 is 0 Å². The van der Waals surface area contributed by atoms with Gasteiger partial charge in [0.15, 0.2) is 0 Å². The van der Waals surface area contributed by atoms with E-state index >= 15 is 0 Å². The third-order valence-electron chi connectivity index (χ3n) is 32.9. The van der Waals surface area contributed by atoms with E-state index in [-0.39, 0.29) is 103 Å². The Labute approximate surface area is 791 Å². The van der Waals surface area contributed by atoms with Crippen LogP contribution in [0.5, 0.6) is 0 Å². The normalized spacial score (nSPS) is 22.6. The highest BCUT2D eigenvalue weighted by atomic mass is 15.5. The molecule has 0 aliphatic carbocycles. The van der Waals surface area contributed by atoms with Gasteiger partial charge >= 0.3 is 0 Å². The number of aromatic nitrogens is 12. The van der Waals surface area contributed by atoms with E-state index in [1.807, 2.05) is 7.05 Å². The minimum Gasteiger partial charge on any atom is -0.357 e. The number of nitrogens with one attached hydrogen (secondary N) is 4. The summed E-state index contributed by atoms with van der Waals surface area (Å²) in [7, 11) is 15.7. The lowest BCUT2D eigenvalue weighted by atomic mass is 9.77. The average Bonchev–Trinajstić information content (AvgIpc) is 0.803. The van der Waals surface area contributed by atoms with E-state index < -0.39 is 0 Å². The molecule has 29 nitrogen and oxygen atoms in total. The fourth-order valence-electron chi connectivity index (χ4n) is 23.6. The van der Waals surface area contributed by atoms with Crippen molar-refractivity contribution in [2.75, 3.05) is 177 Å². The number of anilines is 11. The molecule has 4 N–H and O–H groups in total. The van der Waals surface area contributed by atoms with Crippen molar-refractivity contribution in [3.05, 3.63) is 6.33 Å². The highest BCUT2D eigenvalue weighted by Gasteiger charge is 2.53. The van der Waals surface area contributed by atoms with Gasteiger partial charge in [0.2, 0.25) is 65.4 Å². The van der Waals surface area contributed by atoms with Crippen molar-refractivity contribution in [1.29, 1.82) is 0 Å². The molecule has 738 valence electrons. The van der Waals surface area contributed by atoms with E-state index in [2.05, 4.69) is 338 Å². The van der Waals surface area contributed by atoms with Crippen molar-refractivity contribution in [2.45, 2.75) is 458 Å². The molecule has 0 atom stereocenters. The van der Waals surface area contributed by atoms with Crippen molar-refractivity contribution in [3.8, 4) is 0 Å². The number of rotatable bonds is 43. The standard InChI is InChI=1S/C101H189N29/c1-37-42-53-126(74-62-92(10,11)119(32)93(12,13)63-74)85-109-81(110-86(116-85)127(54-43-38-2)75-64-94(14,15)120(33)95(16,17)65-75)104-50-48-51-124(83-111-82(107-73-60-90(6,7)118(31)91(8,9)61-73)112-87(113-83)128(55-44-39-3)76-66-96(18,19)121(34)97(20,21)67-76)58-59-125(52-47-49-103-80-106-72-105-79(102-30)108-80)84-114-88(129(56-45-40-4)77-68-98(22,23)122(35)99(24,25)69-77)117-89(115-84)130(57-46-41-5)78-70-100(26,27)123(36)101(28,29)71-78/h72-78H,37-71H2,1-36H3,(H,104,109,110,116)(H,107,111,112,113)(H2,102,103,105,106,108). The molecule has 0 saturated carbocycles.